The van der Waals surface area contributed by atoms with E-state index in [4.69, 9.17) is 22.2 Å². The summed E-state index contributed by atoms with van der Waals surface area (Å²) in [4.78, 5) is 0. The Balaban J connectivity index is 2.45. The Morgan fingerprint density at radius 3 is 2.15 bits per heavy atom. The molecule has 78 valence electrons. The maximum atomic E-state index is 6.51. The van der Waals surface area contributed by atoms with Gasteiger partial charge < -0.3 is 0 Å². The molecule has 0 spiro atoms. The summed E-state index contributed by atoms with van der Waals surface area (Å²) in [5.41, 5.74) is 0.673. The largest absolute Gasteiger partial charge is 0.254 e. The molecule has 1 fully saturated rings. The second-order valence-electron chi connectivity index (χ2n) is 4.69. The Bertz CT molecular complexity index is 151. The van der Waals surface area contributed by atoms with Gasteiger partial charge in [0.1, 0.15) is 0 Å². The van der Waals surface area contributed by atoms with Crippen molar-refractivity contribution in [3.63, 3.8) is 0 Å². The van der Waals surface area contributed by atoms with Crippen LogP contribution in [0.4, 0.5) is 0 Å². The van der Waals surface area contributed by atoms with Crippen molar-refractivity contribution in [1.82, 2.24) is 0 Å². The van der Waals surface area contributed by atoms with Crippen molar-refractivity contribution in [2.45, 2.75) is 57.5 Å². The van der Waals surface area contributed by atoms with E-state index in [1.54, 1.807) is 0 Å². The third-order valence-corrected chi connectivity index (χ3v) is 8.79. The Labute approximate surface area is 92.4 Å². The first-order valence-electron chi connectivity index (χ1n) is 5.40. The molecule has 0 aromatic rings. The lowest BCUT2D eigenvalue weighted by Gasteiger charge is -2.31. The molecule has 0 aromatic carbocycles. The summed E-state index contributed by atoms with van der Waals surface area (Å²) in [5.74, 6) is 0.656. The van der Waals surface area contributed by atoms with Gasteiger partial charge in [0.2, 0.25) is 0 Å². The van der Waals surface area contributed by atoms with E-state index in [1.807, 2.05) is 0 Å². The van der Waals surface area contributed by atoms with Crippen LogP contribution in [0.5, 0.6) is 0 Å². The molecule has 0 nitrogen and oxygen atoms in total. The number of hydrogen-bond acceptors (Lipinski definition) is 0. The van der Waals surface area contributed by atoms with Crippen LogP contribution in [0.2, 0.25) is 11.6 Å². The maximum Gasteiger partial charge on any atom is 0.254 e. The predicted octanol–water partition coefficient (Wildman–Crippen LogP) is 4.90. The molecular weight excluding hydrogens is 219 g/mol. The van der Waals surface area contributed by atoms with E-state index in [0.29, 0.717) is 11.5 Å². The monoisotopic (exact) mass is 238 g/mol. The molecule has 0 heterocycles. The molecule has 0 saturated heterocycles. The van der Waals surface area contributed by atoms with Crippen molar-refractivity contribution in [2.75, 3.05) is 0 Å². The zero-order valence-corrected chi connectivity index (χ0v) is 11.2. The topological polar surface area (TPSA) is 0 Å². The Kier molecular flexibility index (Phi) is 4.60. The van der Waals surface area contributed by atoms with Gasteiger partial charge in [0.15, 0.2) is 0 Å². The standard InChI is InChI=1S/C10H20Cl2Si/c1-9(2)8-13(11,12)10-6-4-3-5-7-10/h9-10H,3-8H2,1-2H3. The van der Waals surface area contributed by atoms with Crippen LogP contribution in [0.3, 0.4) is 0 Å². The highest BCUT2D eigenvalue weighted by Gasteiger charge is 2.39. The molecule has 3 heteroatoms. The van der Waals surface area contributed by atoms with Gasteiger partial charge in [-0.1, -0.05) is 46.0 Å². The van der Waals surface area contributed by atoms with Gasteiger partial charge in [-0.15, -0.1) is 22.2 Å². The van der Waals surface area contributed by atoms with Gasteiger partial charge in [0, 0.05) is 0 Å². The van der Waals surface area contributed by atoms with Gasteiger partial charge in [-0.3, -0.25) is 0 Å². The highest BCUT2D eigenvalue weighted by Crippen LogP contribution is 2.44. The summed E-state index contributed by atoms with van der Waals surface area (Å²) in [6.45, 7) is 2.51. The Morgan fingerprint density at radius 2 is 1.69 bits per heavy atom. The molecule has 0 aromatic heterocycles. The third-order valence-electron chi connectivity index (χ3n) is 2.88. The van der Waals surface area contributed by atoms with Crippen molar-refractivity contribution in [3.8, 4) is 0 Å². The van der Waals surface area contributed by atoms with Crippen molar-refractivity contribution >= 4 is 28.9 Å². The Hall–Kier alpha value is 0.797. The fourth-order valence-corrected chi connectivity index (χ4v) is 8.07. The highest BCUT2D eigenvalue weighted by molar-refractivity contribution is 7.46. The first kappa shape index (κ1) is 11.9. The zero-order valence-electron chi connectivity index (χ0n) is 8.65. The van der Waals surface area contributed by atoms with Crippen LogP contribution in [0.1, 0.15) is 46.0 Å². The molecule has 0 bridgehead atoms. The van der Waals surface area contributed by atoms with Crippen molar-refractivity contribution in [3.05, 3.63) is 0 Å². The fourth-order valence-electron chi connectivity index (χ4n) is 2.24. The van der Waals surface area contributed by atoms with Crippen LogP contribution < -0.4 is 0 Å². The molecule has 1 aliphatic carbocycles. The maximum absolute atomic E-state index is 6.51. The molecule has 0 atom stereocenters. The van der Waals surface area contributed by atoms with Gasteiger partial charge in [0.25, 0.3) is 6.69 Å². The summed E-state index contributed by atoms with van der Waals surface area (Å²) in [6, 6.07) is 1.07. The molecule has 1 saturated carbocycles. The van der Waals surface area contributed by atoms with Gasteiger partial charge in [-0.2, -0.15) is 0 Å². The van der Waals surface area contributed by atoms with Crippen LogP contribution in [0.15, 0.2) is 0 Å². The van der Waals surface area contributed by atoms with E-state index < -0.39 is 6.69 Å². The van der Waals surface area contributed by atoms with E-state index in [9.17, 15) is 0 Å². The summed E-state index contributed by atoms with van der Waals surface area (Å²) < 4.78 is 0. The molecular formula is C10H20Cl2Si. The second-order valence-corrected chi connectivity index (χ2v) is 12.1. The SMILES string of the molecule is CC(C)C[Si](Cl)(Cl)C1CCCCC1. The molecule has 0 amide bonds. The first-order valence-corrected chi connectivity index (χ1v) is 9.71. The molecule has 13 heavy (non-hydrogen) atoms. The second kappa shape index (κ2) is 5.04. The zero-order chi connectivity index (χ0) is 9.90. The summed E-state index contributed by atoms with van der Waals surface area (Å²) in [5, 5.41) is 0. The number of halogens is 2. The van der Waals surface area contributed by atoms with E-state index >= 15 is 0 Å². The fraction of sp³-hybridized carbons (Fsp3) is 1.00. The minimum Gasteiger partial charge on any atom is -0.146 e. The Morgan fingerprint density at radius 1 is 1.15 bits per heavy atom. The van der Waals surface area contributed by atoms with Gasteiger partial charge in [-0.25, -0.2) is 0 Å². The normalized spacial score (nSPS) is 21.0. The molecule has 0 unspecified atom stereocenters. The average molecular weight is 239 g/mol. The van der Waals surface area contributed by atoms with Crippen LogP contribution in [-0.2, 0) is 0 Å². The average Bonchev–Trinajstić information content (AvgIpc) is 2.04. The molecule has 0 N–H and O–H groups in total. The lowest BCUT2D eigenvalue weighted by molar-refractivity contribution is 0.494. The molecule has 1 rings (SSSR count). The van der Waals surface area contributed by atoms with Gasteiger partial charge in [-0.05, 0) is 17.5 Å². The summed E-state index contributed by atoms with van der Waals surface area (Å²) >= 11 is 13.0. The molecule has 0 aliphatic heterocycles. The third kappa shape index (κ3) is 3.81. The molecule has 0 radical (unpaired) electrons. The predicted molar refractivity (Wildman–Crippen MR) is 63.9 cm³/mol. The van der Waals surface area contributed by atoms with Crippen LogP contribution >= 0.6 is 22.2 Å². The van der Waals surface area contributed by atoms with Crippen molar-refractivity contribution in [2.24, 2.45) is 5.92 Å². The minimum atomic E-state index is -1.92. The first-order chi connectivity index (χ1) is 6.02. The minimum absolute atomic E-state index is 0.656. The summed E-state index contributed by atoms with van der Waals surface area (Å²) in [6.07, 6.45) is 6.64. The van der Waals surface area contributed by atoms with Crippen LogP contribution in [0.25, 0.3) is 0 Å². The van der Waals surface area contributed by atoms with E-state index in [-0.39, 0.29) is 0 Å². The quantitative estimate of drug-likeness (QED) is 0.485. The summed E-state index contributed by atoms with van der Waals surface area (Å²) in [7, 11) is 0. The van der Waals surface area contributed by atoms with Crippen molar-refractivity contribution in [1.29, 1.82) is 0 Å². The van der Waals surface area contributed by atoms with E-state index in [0.717, 1.165) is 6.04 Å². The lowest BCUT2D eigenvalue weighted by atomic mass is 10.0. The van der Waals surface area contributed by atoms with Crippen LogP contribution in [0, 0.1) is 5.92 Å². The number of rotatable bonds is 3. The lowest BCUT2D eigenvalue weighted by Crippen LogP contribution is -2.30. The van der Waals surface area contributed by atoms with Crippen LogP contribution in [-0.4, -0.2) is 6.69 Å². The smallest absolute Gasteiger partial charge is 0.146 e. The van der Waals surface area contributed by atoms with Gasteiger partial charge >= 0.3 is 0 Å². The highest BCUT2D eigenvalue weighted by atomic mass is 35.7. The van der Waals surface area contributed by atoms with E-state index in [2.05, 4.69) is 13.8 Å². The van der Waals surface area contributed by atoms with Crippen molar-refractivity contribution < 1.29 is 0 Å². The molecule has 1 aliphatic rings. The van der Waals surface area contributed by atoms with E-state index in [1.165, 1.54) is 32.1 Å². The number of hydrogen-bond donors (Lipinski definition) is 0. The van der Waals surface area contributed by atoms with Gasteiger partial charge in [0.05, 0.1) is 0 Å².